The summed E-state index contributed by atoms with van der Waals surface area (Å²) < 4.78 is 1.76. The third-order valence-electron chi connectivity index (χ3n) is 2.54. The smallest absolute Gasteiger partial charge is 0.255 e. The second-order valence-electron chi connectivity index (χ2n) is 3.96. The van der Waals surface area contributed by atoms with Crippen LogP contribution in [0.25, 0.3) is 0 Å². The van der Waals surface area contributed by atoms with E-state index in [1.165, 1.54) is 6.42 Å². The lowest BCUT2D eigenvalue weighted by atomic mass is 10.1. The van der Waals surface area contributed by atoms with Gasteiger partial charge in [-0.2, -0.15) is 0 Å². The molecule has 1 aromatic heterocycles. The van der Waals surface area contributed by atoms with Gasteiger partial charge in [0.25, 0.3) is 5.56 Å². The van der Waals surface area contributed by atoms with Gasteiger partial charge in [-0.25, -0.2) is 0 Å². The molecule has 1 atom stereocenters. The molecule has 0 aliphatic carbocycles. The molecule has 0 amide bonds. The molecule has 0 radical (unpaired) electrons. The fourth-order valence-corrected chi connectivity index (χ4v) is 1.61. The average Bonchev–Trinajstić information content (AvgIpc) is 2.20. The SMILES string of the molecule is CCCCCn1cccc(C(C)N)c1=O. The first-order valence-corrected chi connectivity index (χ1v) is 5.61. The van der Waals surface area contributed by atoms with Crippen molar-refractivity contribution in [2.45, 2.75) is 45.7 Å². The Kier molecular flexibility index (Phi) is 4.56. The second-order valence-corrected chi connectivity index (χ2v) is 3.96. The highest BCUT2D eigenvalue weighted by Gasteiger charge is 2.06. The summed E-state index contributed by atoms with van der Waals surface area (Å²) in [4.78, 5) is 11.9. The van der Waals surface area contributed by atoms with Crippen LogP contribution in [0.4, 0.5) is 0 Å². The number of nitrogens with two attached hydrogens (primary N) is 1. The van der Waals surface area contributed by atoms with Crippen LogP contribution in [0.2, 0.25) is 0 Å². The van der Waals surface area contributed by atoms with Gasteiger partial charge in [0.05, 0.1) is 0 Å². The second kappa shape index (κ2) is 5.71. The van der Waals surface area contributed by atoms with Crippen LogP contribution in [0.1, 0.15) is 44.7 Å². The zero-order valence-electron chi connectivity index (χ0n) is 9.57. The summed E-state index contributed by atoms with van der Waals surface area (Å²) in [6.45, 7) is 4.79. The molecule has 84 valence electrons. The molecule has 1 rings (SSSR count). The van der Waals surface area contributed by atoms with Gasteiger partial charge in [0, 0.05) is 24.3 Å². The van der Waals surface area contributed by atoms with Crippen molar-refractivity contribution in [2.24, 2.45) is 5.73 Å². The third-order valence-corrected chi connectivity index (χ3v) is 2.54. The van der Waals surface area contributed by atoms with Gasteiger partial charge in [0.15, 0.2) is 0 Å². The van der Waals surface area contributed by atoms with Crippen LogP contribution in [0, 0.1) is 0 Å². The standard InChI is InChI=1S/C12H20N2O/c1-3-4-5-8-14-9-6-7-11(10(2)13)12(14)15/h6-7,9-10H,3-5,8,13H2,1-2H3. The van der Waals surface area contributed by atoms with Gasteiger partial charge in [-0.05, 0) is 19.4 Å². The summed E-state index contributed by atoms with van der Waals surface area (Å²) in [6.07, 6.45) is 5.22. The monoisotopic (exact) mass is 208 g/mol. The summed E-state index contributed by atoms with van der Waals surface area (Å²) in [5.74, 6) is 0. The van der Waals surface area contributed by atoms with E-state index in [2.05, 4.69) is 6.92 Å². The van der Waals surface area contributed by atoms with Crippen LogP contribution < -0.4 is 11.3 Å². The Morgan fingerprint density at radius 3 is 2.80 bits per heavy atom. The minimum atomic E-state index is -0.184. The lowest BCUT2D eigenvalue weighted by Crippen LogP contribution is -2.26. The zero-order valence-corrected chi connectivity index (χ0v) is 9.57. The topological polar surface area (TPSA) is 48.0 Å². The first kappa shape index (κ1) is 12.0. The summed E-state index contributed by atoms with van der Waals surface area (Å²) in [7, 11) is 0. The van der Waals surface area contributed by atoms with Crippen molar-refractivity contribution in [3.8, 4) is 0 Å². The van der Waals surface area contributed by atoms with Crippen molar-refractivity contribution >= 4 is 0 Å². The van der Waals surface area contributed by atoms with Gasteiger partial charge >= 0.3 is 0 Å². The molecule has 0 saturated heterocycles. The maximum Gasteiger partial charge on any atom is 0.255 e. The van der Waals surface area contributed by atoms with E-state index in [1.807, 2.05) is 25.3 Å². The first-order valence-electron chi connectivity index (χ1n) is 5.61. The summed E-state index contributed by atoms with van der Waals surface area (Å²) >= 11 is 0. The quantitative estimate of drug-likeness (QED) is 0.753. The lowest BCUT2D eigenvalue weighted by molar-refractivity contribution is 0.580. The molecule has 0 aliphatic rings. The van der Waals surface area contributed by atoms with Gasteiger partial charge in [-0.1, -0.05) is 25.8 Å². The van der Waals surface area contributed by atoms with Crippen LogP contribution in [-0.4, -0.2) is 4.57 Å². The fourth-order valence-electron chi connectivity index (χ4n) is 1.61. The van der Waals surface area contributed by atoms with Gasteiger partial charge < -0.3 is 10.3 Å². The summed E-state index contributed by atoms with van der Waals surface area (Å²) in [6, 6.07) is 3.52. The molecule has 3 nitrogen and oxygen atoms in total. The Balaban J connectivity index is 2.81. The molecule has 0 spiro atoms. The van der Waals surface area contributed by atoms with Crippen LogP contribution in [0.3, 0.4) is 0 Å². The maximum atomic E-state index is 11.9. The van der Waals surface area contributed by atoms with Crippen LogP contribution >= 0.6 is 0 Å². The number of aromatic nitrogens is 1. The Labute approximate surface area is 90.9 Å². The van der Waals surface area contributed by atoms with Crippen molar-refractivity contribution in [3.05, 3.63) is 34.2 Å². The molecular weight excluding hydrogens is 188 g/mol. The van der Waals surface area contributed by atoms with Gasteiger partial charge in [-0.3, -0.25) is 4.79 Å². The minimum Gasteiger partial charge on any atom is -0.324 e. The third kappa shape index (κ3) is 3.20. The van der Waals surface area contributed by atoms with E-state index in [9.17, 15) is 4.79 Å². The Morgan fingerprint density at radius 2 is 2.20 bits per heavy atom. The van der Waals surface area contributed by atoms with E-state index < -0.39 is 0 Å². The molecule has 1 unspecified atom stereocenters. The first-order chi connectivity index (χ1) is 7.16. The Hall–Kier alpha value is -1.09. The summed E-state index contributed by atoms with van der Waals surface area (Å²) in [5.41, 5.74) is 6.49. The highest BCUT2D eigenvalue weighted by atomic mass is 16.1. The van der Waals surface area contributed by atoms with Crippen LogP contribution in [0.15, 0.2) is 23.1 Å². The largest absolute Gasteiger partial charge is 0.324 e. The molecule has 0 fully saturated rings. The number of hydrogen-bond acceptors (Lipinski definition) is 2. The van der Waals surface area contributed by atoms with Crippen molar-refractivity contribution in [2.75, 3.05) is 0 Å². The van der Waals surface area contributed by atoms with E-state index in [0.29, 0.717) is 5.56 Å². The molecular formula is C12H20N2O. The normalized spacial score (nSPS) is 12.7. The molecule has 0 aliphatic heterocycles. The van der Waals surface area contributed by atoms with Crippen LogP contribution in [0.5, 0.6) is 0 Å². The minimum absolute atomic E-state index is 0.0589. The van der Waals surface area contributed by atoms with Crippen molar-refractivity contribution < 1.29 is 0 Å². The zero-order chi connectivity index (χ0) is 11.3. The fraction of sp³-hybridized carbons (Fsp3) is 0.583. The molecule has 0 aromatic carbocycles. The Morgan fingerprint density at radius 1 is 1.47 bits per heavy atom. The number of nitrogens with zero attached hydrogens (tertiary/aromatic N) is 1. The van der Waals surface area contributed by atoms with Gasteiger partial charge in [-0.15, -0.1) is 0 Å². The highest BCUT2D eigenvalue weighted by Crippen LogP contribution is 2.03. The van der Waals surface area contributed by atoms with E-state index in [4.69, 9.17) is 5.73 Å². The number of hydrogen-bond donors (Lipinski definition) is 1. The molecule has 1 aromatic rings. The molecule has 2 N–H and O–H groups in total. The number of rotatable bonds is 5. The van der Waals surface area contributed by atoms with E-state index in [1.54, 1.807) is 4.57 Å². The van der Waals surface area contributed by atoms with Crippen LogP contribution in [-0.2, 0) is 6.54 Å². The highest BCUT2D eigenvalue weighted by molar-refractivity contribution is 5.13. The van der Waals surface area contributed by atoms with Crippen molar-refractivity contribution in [1.29, 1.82) is 0 Å². The van der Waals surface area contributed by atoms with E-state index in [-0.39, 0.29) is 11.6 Å². The van der Waals surface area contributed by atoms with Crippen molar-refractivity contribution in [3.63, 3.8) is 0 Å². The van der Waals surface area contributed by atoms with E-state index >= 15 is 0 Å². The van der Waals surface area contributed by atoms with Crippen molar-refractivity contribution in [1.82, 2.24) is 4.57 Å². The lowest BCUT2D eigenvalue weighted by Gasteiger charge is -2.09. The summed E-state index contributed by atoms with van der Waals surface area (Å²) in [5, 5.41) is 0. The average molecular weight is 208 g/mol. The predicted octanol–water partition coefficient (Wildman–Crippen LogP) is 2.06. The number of pyridine rings is 1. The Bertz CT molecular complexity index is 355. The number of unbranched alkanes of at least 4 members (excludes halogenated alkanes) is 2. The molecule has 0 bridgehead atoms. The molecule has 1 heterocycles. The molecule has 0 saturated carbocycles. The van der Waals surface area contributed by atoms with E-state index in [0.717, 1.165) is 19.4 Å². The maximum absolute atomic E-state index is 11.9. The molecule has 3 heteroatoms. The van der Waals surface area contributed by atoms with Gasteiger partial charge in [0.1, 0.15) is 0 Å². The predicted molar refractivity (Wildman–Crippen MR) is 62.8 cm³/mol. The molecule has 15 heavy (non-hydrogen) atoms. The van der Waals surface area contributed by atoms with Gasteiger partial charge in [0.2, 0.25) is 0 Å². The number of aryl methyl sites for hydroxylation is 1.